The molecule has 0 spiro atoms. The van der Waals surface area contributed by atoms with Crippen molar-refractivity contribution in [3.05, 3.63) is 39.8 Å². The summed E-state index contributed by atoms with van der Waals surface area (Å²) in [5.74, 6) is 1.45. The van der Waals surface area contributed by atoms with E-state index in [1.54, 1.807) is 12.1 Å². The van der Waals surface area contributed by atoms with Crippen LogP contribution in [0.2, 0.25) is 0 Å². The third-order valence-electron chi connectivity index (χ3n) is 5.16. The van der Waals surface area contributed by atoms with Crippen molar-refractivity contribution >= 4 is 28.1 Å². The van der Waals surface area contributed by atoms with E-state index in [0.29, 0.717) is 22.3 Å². The normalized spacial score (nSPS) is 24.9. The third kappa shape index (κ3) is 2.80. The molecule has 124 valence electrons. The summed E-state index contributed by atoms with van der Waals surface area (Å²) in [5, 5.41) is 16.2. The first-order valence-electron chi connectivity index (χ1n) is 8.11. The Morgan fingerprint density at radius 2 is 2.21 bits per heavy atom. The van der Waals surface area contributed by atoms with Crippen LogP contribution in [0.15, 0.2) is 29.6 Å². The molecule has 2 fully saturated rings. The van der Waals surface area contributed by atoms with E-state index in [2.05, 4.69) is 10.3 Å². The smallest absolute Gasteiger partial charge is 0.270 e. The zero-order chi connectivity index (χ0) is 16.7. The molecule has 2 aliphatic rings. The van der Waals surface area contributed by atoms with Gasteiger partial charge in [0.1, 0.15) is 0 Å². The Labute approximate surface area is 143 Å². The molecule has 24 heavy (non-hydrogen) atoms. The van der Waals surface area contributed by atoms with Gasteiger partial charge < -0.3 is 5.32 Å². The van der Waals surface area contributed by atoms with Gasteiger partial charge in [-0.2, -0.15) is 0 Å². The summed E-state index contributed by atoms with van der Waals surface area (Å²) in [4.78, 5) is 27.3. The standard InChI is InChI=1S/C17H17N3O3S/c21-16(14-7-10-4-5-11(14)6-10)19-17-18-15(9-24-17)12-2-1-3-13(8-12)20(22)23/h1-3,8-11,14H,4-7H2,(H,18,19,21). The molecule has 1 heterocycles. The number of benzene rings is 1. The van der Waals surface area contributed by atoms with Crippen molar-refractivity contribution in [3.8, 4) is 11.3 Å². The van der Waals surface area contributed by atoms with Crippen molar-refractivity contribution in [1.82, 2.24) is 4.98 Å². The Balaban J connectivity index is 1.48. The maximum atomic E-state index is 12.5. The summed E-state index contributed by atoms with van der Waals surface area (Å²) in [6.45, 7) is 0. The number of hydrogen-bond donors (Lipinski definition) is 1. The van der Waals surface area contributed by atoms with Gasteiger partial charge in [-0.25, -0.2) is 4.98 Å². The summed E-state index contributed by atoms with van der Waals surface area (Å²) >= 11 is 1.35. The number of nitrogens with zero attached hydrogens (tertiary/aromatic N) is 2. The molecule has 3 unspecified atom stereocenters. The molecule has 1 amide bonds. The molecule has 4 rings (SSSR count). The Hall–Kier alpha value is -2.28. The molecule has 2 bridgehead atoms. The van der Waals surface area contributed by atoms with Crippen LogP contribution in [0.5, 0.6) is 0 Å². The van der Waals surface area contributed by atoms with Crippen LogP contribution in [0, 0.1) is 27.9 Å². The lowest BCUT2D eigenvalue weighted by Crippen LogP contribution is -2.27. The van der Waals surface area contributed by atoms with Gasteiger partial charge in [-0.05, 0) is 31.1 Å². The van der Waals surface area contributed by atoms with Gasteiger partial charge in [0.2, 0.25) is 5.91 Å². The van der Waals surface area contributed by atoms with E-state index in [0.717, 1.165) is 12.3 Å². The van der Waals surface area contributed by atoms with Gasteiger partial charge in [-0.3, -0.25) is 14.9 Å². The van der Waals surface area contributed by atoms with Crippen LogP contribution in [-0.4, -0.2) is 15.8 Å². The predicted octanol–water partition coefficient (Wildman–Crippen LogP) is 4.09. The lowest BCUT2D eigenvalue weighted by atomic mass is 9.88. The number of hydrogen-bond acceptors (Lipinski definition) is 5. The average molecular weight is 343 g/mol. The van der Waals surface area contributed by atoms with Gasteiger partial charge in [0, 0.05) is 29.0 Å². The summed E-state index contributed by atoms with van der Waals surface area (Å²) in [6.07, 6.45) is 4.62. The van der Waals surface area contributed by atoms with Crippen molar-refractivity contribution in [2.24, 2.45) is 17.8 Å². The third-order valence-corrected chi connectivity index (χ3v) is 5.92. The number of nitrogens with one attached hydrogen (secondary N) is 1. The monoisotopic (exact) mass is 343 g/mol. The van der Waals surface area contributed by atoms with Gasteiger partial charge in [0.15, 0.2) is 5.13 Å². The molecule has 0 radical (unpaired) electrons. The fourth-order valence-electron chi connectivity index (χ4n) is 4.01. The number of nitro benzene ring substituents is 1. The molecule has 2 saturated carbocycles. The molecular weight excluding hydrogens is 326 g/mol. The lowest BCUT2D eigenvalue weighted by molar-refractivity contribution is -0.384. The van der Waals surface area contributed by atoms with Crippen LogP contribution in [-0.2, 0) is 4.79 Å². The summed E-state index contributed by atoms with van der Waals surface area (Å²) in [6, 6.07) is 6.37. The fourth-order valence-corrected chi connectivity index (χ4v) is 4.73. The zero-order valence-electron chi connectivity index (χ0n) is 13.0. The van der Waals surface area contributed by atoms with Gasteiger partial charge in [-0.15, -0.1) is 11.3 Å². The van der Waals surface area contributed by atoms with Crippen LogP contribution in [0.1, 0.15) is 25.7 Å². The highest BCUT2D eigenvalue weighted by atomic mass is 32.1. The number of carbonyl (C=O) groups excluding carboxylic acids is 1. The predicted molar refractivity (Wildman–Crippen MR) is 91.8 cm³/mol. The van der Waals surface area contributed by atoms with Crippen molar-refractivity contribution in [2.75, 3.05) is 5.32 Å². The number of fused-ring (bicyclic) bond motifs is 2. The van der Waals surface area contributed by atoms with E-state index in [1.165, 1.54) is 42.7 Å². The summed E-state index contributed by atoms with van der Waals surface area (Å²) in [7, 11) is 0. The number of aromatic nitrogens is 1. The van der Waals surface area contributed by atoms with Crippen molar-refractivity contribution in [1.29, 1.82) is 0 Å². The van der Waals surface area contributed by atoms with Gasteiger partial charge in [-0.1, -0.05) is 18.6 Å². The van der Waals surface area contributed by atoms with Crippen LogP contribution < -0.4 is 5.32 Å². The average Bonchev–Trinajstić information content (AvgIpc) is 3.31. The number of anilines is 1. The second kappa shape index (κ2) is 5.98. The van der Waals surface area contributed by atoms with Crippen LogP contribution in [0.3, 0.4) is 0 Å². The van der Waals surface area contributed by atoms with E-state index in [9.17, 15) is 14.9 Å². The first-order chi connectivity index (χ1) is 11.6. The first-order valence-corrected chi connectivity index (χ1v) is 8.99. The van der Waals surface area contributed by atoms with Gasteiger partial charge in [0.25, 0.3) is 5.69 Å². The second-order valence-corrected chi connectivity index (χ2v) is 7.47. The molecule has 1 N–H and O–H groups in total. The number of nitro groups is 1. The van der Waals surface area contributed by atoms with Crippen LogP contribution in [0.25, 0.3) is 11.3 Å². The highest BCUT2D eigenvalue weighted by Crippen LogP contribution is 2.48. The molecule has 2 aliphatic carbocycles. The quantitative estimate of drug-likeness (QED) is 0.669. The Morgan fingerprint density at radius 1 is 1.33 bits per heavy atom. The zero-order valence-corrected chi connectivity index (χ0v) is 13.8. The maximum absolute atomic E-state index is 12.5. The van der Waals surface area contributed by atoms with Crippen molar-refractivity contribution < 1.29 is 9.72 Å². The summed E-state index contributed by atoms with van der Waals surface area (Å²) < 4.78 is 0. The first kappa shape index (κ1) is 15.3. The van der Waals surface area contributed by atoms with Gasteiger partial charge >= 0.3 is 0 Å². The van der Waals surface area contributed by atoms with E-state index >= 15 is 0 Å². The number of non-ortho nitro benzene ring substituents is 1. The molecule has 3 atom stereocenters. The van der Waals surface area contributed by atoms with E-state index in [1.807, 2.05) is 5.38 Å². The minimum atomic E-state index is -0.423. The van der Waals surface area contributed by atoms with Crippen LogP contribution >= 0.6 is 11.3 Å². The Morgan fingerprint density at radius 3 is 2.92 bits per heavy atom. The molecule has 6 nitrogen and oxygen atoms in total. The molecule has 1 aromatic heterocycles. The van der Waals surface area contributed by atoms with E-state index in [4.69, 9.17) is 0 Å². The number of carbonyl (C=O) groups is 1. The van der Waals surface area contributed by atoms with E-state index in [-0.39, 0.29) is 17.5 Å². The second-order valence-electron chi connectivity index (χ2n) is 6.62. The number of rotatable bonds is 4. The summed E-state index contributed by atoms with van der Waals surface area (Å²) in [5.41, 5.74) is 1.36. The number of thiazole rings is 1. The number of amides is 1. The SMILES string of the molecule is O=C(Nc1nc(-c2cccc([N+](=O)[O-])c2)cs1)C1CC2CCC1C2. The maximum Gasteiger partial charge on any atom is 0.270 e. The highest BCUT2D eigenvalue weighted by molar-refractivity contribution is 7.14. The van der Waals surface area contributed by atoms with Crippen molar-refractivity contribution in [2.45, 2.75) is 25.7 Å². The van der Waals surface area contributed by atoms with Crippen LogP contribution in [0.4, 0.5) is 10.8 Å². The molecule has 7 heteroatoms. The molecule has 0 aliphatic heterocycles. The highest BCUT2D eigenvalue weighted by Gasteiger charge is 2.43. The Bertz CT molecular complexity index is 804. The molecular formula is C17H17N3O3S. The molecule has 0 saturated heterocycles. The lowest BCUT2D eigenvalue weighted by Gasteiger charge is -2.19. The van der Waals surface area contributed by atoms with E-state index < -0.39 is 4.92 Å². The topological polar surface area (TPSA) is 85.1 Å². The minimum Gasteiger partial charge on any atom is -0.302 e. The minimum absolute atomic E-state index is 0.0352. The largest absolute Gasteiger partial charge is 0.302 e. The molecule has 1 aromatic carbocycles. The molecule has 2 aromatic rings. The Kier molecular flexibility index (Phi) is 3.80. The van der Waals surface area contributed by atoms with Gasteiger partial charge in [0.05, 0.1) is 10.6 Å². The van der Waals surface area contributed by atoms with Crippen molar-refractivity contribution in [3.63, 3.8) is 0 Å². The fraction of sp³-hybridized carbons (Fsp3) is 0.412.